The van der Waals surface area contributed by atoms with Gasteiger partial charge in [-0.3, -0.25) is 4.79 Å². The van der Waals surface area contributed by atoms with E-state index in [0.29, 0.717) is 23.1 Å². The maximum atomic E-state index is 13.0. The molecule has 0 aliphatic carbocycles. The zero-order valence-corrected chi connectivity index (χ0v) is 17.9. The SMILES string of the molecule is CCCc1nc2ccc(Br)cc2c(=O)n1N=Cc1cccc(O[C@@H](C)CC)c1. The van der Waals surface area contributed by atoms with Crippen LogP contribution in [-0.4, -0.2) is 22.0 Å². The first-order valence-electron chi connectivity index (χ1n) is 9.54. The first-order valence-corrected chi connectivity index (χ1v) is 10.3. The second kappa shape index (κ2) is 9.15. The molecule has 0 aliphatic heterocycles. The van der Waals surface area contributed by atoms with Gasteiger partial charge in [0.05, 0.1) is 23.2 Å². The Morgan fingerprint density at radius 1 is 1.25 bits per heavy atom. The van der Waals surface area contributed by atoms with Gasteiger partial charge in [0, 0.05) is 10.9 Å². The molecule has 28 heavy (non-hydrogen) atoms. The van der Waals surface area contributed by atoms with Crippen LogP contribution in [0.2, 0.25) is 0 Å². The molecule has 3 aromatic rings. The van der Waals surface area contributed by atoms with Crippen LogP contribution in [0.5, 0.6) is 5.75 Å². The van der Waals surface area contributed by atoms with E-state index in [1.54, 1.807) is 12.3 Å². The average molecular weight is 442 g/mol. The largest absolute Gasteiger partial charge is 0.491 e. The van der Waals surface area contributed by atoms with E-state index in [1.165, 1.54) is 4.68 Å². The number of nitrogens with zero attached hydrogens (tertiary/aromatic N) is 3. The summed E-state index contributed by atoms with van der Waals surface area (Å²) < 4.78 is 8.11. The highest BCUT2D eigenvalue weighted by molar-refractivity contribution is 9.10. The molecule has 1 atom stereocenters. The number of ether oxygens (including phenoxy) is 1. The van der Waals surface area contributed by atoms with Crippen molar-refractivity contribution in [2.45, 2.75) is 46.1 Å². The minimum Gasteiger partial charge on any atom is -0.491 e. The van der Waals surface area contributed by atoms with Gasteiger partial charge in [-0.15, -0.1) is 0 Å². The molecule has 0 spiro atoms. The van der Waals surface area contributed by atoms with Crippen LogP contribution in [0, 0.1) is 0 Å². The normalized spacial score (nSPS) is 12.6. The van der Waals surface area contributed by atoms with Gasteiger partial charge in [-0.05, 0) is 55.7 Å². The Bertz CT molecular complexity index is 1060. The van der Waals surface area contributed by atoms with E-state index < -0.39 is 0 Å². The Morgan fingerprint density at radius 2 is 2.07 bits per heavy atom. The molecule has 1 aromatic heterocycles. The monoisotopic (exact) mass is 441 g/mol. The molecule has 0 unspecified atom stereocenters. The van der Waals surface area contributed by atoms with Crippen LogP contribution in [0.1, 0.15) is 45.0 Å². The minimum atomic E-state index is -0.169. The van der Waals surface area contributed by atoms with Gasteiger partial charge in [-0.2, -0.15) is 9.78 Å². The summed E-state index contributed by atoms with van der Waals surface area (Å²) >= 11 is 3.42. The van der Waals surface area contributed by atoms with E-state index in [0.717, 1.165) is 28.6 Å². The standard InChI is InChI=1S/C22H24BrN3O2/c1-4-7-21-25-20-11-10-17(23)13-19(20)22(27)26(21)24-14-16-8-6-9-18(12-16)28-15(3)5-2/h6,8-15H,4-5,7H2,1-3H3/t15-/m0/s1. The third-order valence-corrected chi connectivity index (χ3v) is 4.93. The molecule has 0 fully saturated rings. The lowest BCUT2D eigenvalue weighted by Gasteiger charge is -2.12. The van der Waals surface area contributed by atoms with Crippen LogP contribution >= 0.6 is 15.9 Å². The number of fused-ring (bicyclic) bond motifs is 1. The number of halogens is 1. The van der Waals surface area contributed by atoms with Gasteiger partial charge in [0.15, 0.2) is 0 Å². The molecule has 0 bridgehead atoms. The minimum absolute atomic E-state index is 0.147. The van der Waals surface area contributed by atoms with Crippen molar-refractivity contribution in [1.29, 1.82) is 0 Å². The summed E-state index contributed by atoms with van der Waals surface area (Å²) in [4.78, 5) is 17.7. The zero-order valence-electron chi connectivity index (χ0n) is 16.4. The van der Waals surface area contributed by atoms with Gasteiger partial charge in [-0.1, -0.05) is 41.9 Å². The molecule has 5 nitrogen and oxygen atoms in total. The van der Waals surface area contributed by atoms with Crippen LogP contribution in [0.4, 0.5) is 0 Å². The van der Waals surface area contributed by atoms with Crippen LogP contribution in [-0.2, 0) is 6.42 Å². The lowest BCUT2D eigenvalue weighted by atomic mass is 10.2. The Hall–Kier alpha value is -2.47. The second-order valence-corrected chi connectivity index (χ2v) is 7.63. The molecular weight excluding hydrogens is 418 g/mol. The number of aromatic nitrogens is 2. The maximum absolute atomic E-state index is 13.0. The zero-order chi connectivity index (χ0) is 20.1. The topological polar surface area (TPSA) is 56.5 Å². The van der Waals surface area contributed by atoms with E-state index >= 15 is 0 Å². The molecular formula is C22H24BrN3O2. The summed E-state index contributed by atoms with van der Waals surface area (Å²) in [6.07, 6.45) is 4.31. The molecule has 3 rings (SSSR count). The van der Waals surface area contributed by atoms with Crippen molar-refractivity contribution in [3.05, 3.63) is 68.7 Å². The van der Waals surface area contributed by atoms with Crippen molar-refractivity contribution in [1.82, 2.24) is 9.66 Å². The van der Waals surface area contributed by atoms with Crippen LogP contribution in [0.15, 0.2) is 56.8 Å². The molecule has 0 aliphatic rings. The highest BCUT2D eigenvalue weighted by Gasteiger charge is 2.10. The Balaban J connectivity index is 2.01. The van der Waals surface area contributed by atoms with E-state index in [1.807, 2.05) is 43.3 Å². The lowest BCUT2D eigenvalue weighted by Crippen LogP contribution is -2.22. The predicted molar refractivity (Wildman–Crippen MR) is 118 cm³/mol. The van der Waals surface area contributed by atoms with E-state index in [9.17, 15) is 4.79 Å². The van der Waals surface area contributed by atoms with Crippen LogP contribution in [0.3, 0.4) is 0 Å². The molecule has 0 saturated heterocycles. The van der Waals surface area contributed by atoms with Gasteiger partial charge in [-0.25, -0.2) is 4.98 Å². The van der Waals surface area contributed by atoms with E-state index in [2.05, 4.69) is 39.9 Å². The number of benzene rings is 2. The van der Waals surface area contributed by atoms with Crippen LogP contribution in [0.25, 0.3) is 10.9 Å². The summed E-state index contributed by atoms with van der Waals surface area (Å²) in [6, 6.07) is 13.2. The summed E-state index contributed by atoms with van der Waals surface area (Å²) in [7, 11) is 0. The number of aryl methyl sites for hydroxylation is 1. The molecule has 6 heteroatoms. The van der Waals surface area contributed by atoms with Gasteiger partial charge < -0.3 is 4.74 Å². The Labute approximate surface area is 173 Å². The molecule has 0 radical (unpaired) electrons. The summed E-state index contributed by atoms with van der Waals surface area (Å²) in [5.41, 5.74) is 1.38. The molecule has 2 aromatic carbocycles. The first-order chi connectivity index (χ1) is 13.5. The fraction of sp³-hybridized carbons (Fsp3) is 0.318. The molecule has 0 amide bonds. The number of hydrogen-bond donors (Lipinski definition) is 0. The molecule has 0 N–H and O–H groups in total. The van der Waals surface area contributed by atoms with Crippen molar-refractivity contribution in [3.63, 3.8) is 0 Å². The van der Waals surface area contributed by atoms with Gasteiger partial charge in [0.25, 0.3) is 5.56 Å². The average Bonchev–Trinajstić information content (AvgIpc) is 2.69. The quantitative estimate of drug-likeness (QED) is 0.475. The first kappa shape index (κ1) is 20.3. The summed E-state index contributed by atoms with van der Waals surface area (Å²) in [5, 5.41) is 5.00. The van der Waals surface area contributed by atoms with Gasteiger partial charge in [0.2, 0.25) is 0 Å². The van der Waals surface area contributed by atoms with Crippen molar-refractivity contribution >= 4 is 33.0 Å². The third-order valence-electron chi connectivity index (χ3n) is 4.44. The molecule has 146 valence electrons. The Morgan fingerprint density at radius 3 is 2.82 bits per heavy atom. The highest BCUT2D eigenvalue weighted by atomic mass is 79.9. The highest BCUT2D eigenvalue weighted by Crippen LogP contribution is 2.17. The fourth-order valence-corrected chi connectivity index (χ4v) is 3.17. The fourth-order valence-electron chi connectivity index (χ4n) is 2.81. The van der Waals surface area contributed by atoms with Crippen molar-refractivity contribution in [2.75, 3.05) is 0 Å². The second-order valence-electron chi connectivity index (χ2n) is 6.71. The van der Waals surface area contributed by atoms with Crippen LogP contribution < -0.4 is 10.3 Å². The maximum Gasteiger partial charge on any atom is 0.282 e. The van der Waals surface area contributed by atoms with Crippen molar-refractivity contribution in [3.8, 4) is 5.75 Å². The van der Waals surface area contributed by atoms with E-state index in [4.69, 9.17) is 4.74 Å². The van der Waals surface area contributed by atoms with E-state index in [-0.39, 0.29) is 11.7 Å². The van der Waals surface area contributed by atoms with Gasteiger partial charge in [0.1, 0.15) is 11.6 Å². The van der Waals surface area contributed by atoms with Crippen molar-refractivity contribution in [2.24, 2.45) is 5.10 Å². The molecule has 1 heterocycles. The van der Waals surface area contributed by atoms with Crippen molar-refractivity contribution < 1.29 is 4.74 Å². The summed E-state index contributed by atoms with van der Waals surface area (Å²) in [6.45, 7) is 6.18. The Kier molecular flexibility index (Phi) is 6.62. The lowest BCUT2D eigenvalue weighted by molar-refractivity contribution is 0.217. The number of hydrogen-bond acceptors (Lipinski definition) is 4. The van der Waals surface area contributed by atoms with Gasteiger partial charge >= 0.3 is 0 Å². The third kappa shape index (κ3) is 4.68. The predicted octanol–water partition coefficient (Wildman–Crippen LogP) is 5.17. The number of rotatable bonds is 7. The smallest absolute Gasteiger partial charge is 0.282 e. The molecule has 0 saturated carbocycles. The summed E-state index contributed by atoms with van der Waals surface area (Å²) in [5.74, 6) is 1.45.